The van der Waals surface area contributed by atoms with Crippen molar-refractivity contribution in [2.45, 2.75) is 13.5 Å². The van der Waals surface area contributed by atoms with E-state index in [0.717, 1.165) is 22.3 Å². The quantitative estimate of drug-likeness (QED) is 0.503. The monoisotopic (exact) mass is 373 g/mol. The molecule has 0 atom stereocenters. The smallest absolute Gasteiger partial charge is 0.254 e. The van der Waals surface area contributed by atoms with Crippen LogP contribution in [0.1, 0.15) is 22.8 Å². The molecule has 1 amide bonds. The molecule has 0 saturated carbocycles. The van der Waals surface area contributed by atoms with Gasteiger partial charge in [-0.15, -0.1) is 0 Å². The zero-order chi connectivity index (χ0) is 19.5. The van der Waals surface area contributed by atoms with Crippen molar-refractivity contribution in [2.75, 3.05) is 6.54 Å². The molecule has 28 heavy (non-hydrogen) atoms. The maximum absolute atomic E-state index is 13.4. The average molecular weight is 373 g/mol. The Morgan fingerprint density at radius 1 is 1.04 bits per heavy atom. The van der Waals surface area contributed by atoms with Gasteiger partial charge in [-0.25, -0.2) is 9.37 Å². The summed E-state index contributed by atoms with van der Waals surface area (Å²) in [4.78, 5) is 19.0. The number of imidazole rings is 1. The Kier molecular flexibility index (Phi) is 4.89. The van der Waals surface area contributed by atoms with Crippen LogP contribution in [0.3, 0.4) is 0 Å². The van der Waals surface area contributed by atoms with Gasteiger partial charge >= 0.3 is 0 Å². The first-order valence-corrected chi connectivity index (χ1v) is 9.22. The van der Waals surface area contributed by atoms with Crippen molar-refractivity contribution in [1.82, 2.24) is 14.5 Å². The molecule has 0 spiro atoms. The number of rotatable bonds is 5. The van der Waals surface area contributed by atoms with Crippen LogP contribution in [0.25, 0.3) is 16.7 Å². The molecule has 0 aliphatic rings. The number of para-hydroxylation sites is 2. The summed E-state index contributed by atoms with van der Waals surface area (Å²) < 4.78 is 15.4. The lowest BCUT2D eigenvalue weighted by molar-refractivity contribution is 0.0752. The Hall–Kier alpha value is -3.47. The average Bonchev–Trinajstić information content (AvgIpc) is 3.16. The van der Waals surface area contributed by atoms with Gasteiger partial charge in [0, 0.05) is 24.3 Å². The van der Waals surface area contributed by atoms with Gasteiger partial charge in [-0.3, -0.25) is 9.36 Å². The highest BCUT2D eigenvalue weighted by molar-refractivity contribution is 5.94. The van der Waals surface area contributed by atoms with Gasteiger partial charge in [0.2, 0.25) is 0 Å². The topological polar surface area (TPSA) is 38.1 Å². The molecule has 4 rings (SSSR count). The van der Waals surface area contributed by atoms with Crippen molar-refractivity contribution >= 4 is 16.9 Å². The van der Waals surface area contributed by atoms with Crippen molar-refractivity contribution < 1.29 is 9.18 Å². The van der Waals surface area contributed by atoms with E-state index in [9.17, 15) is 9.18 Å². The van der Waals surface area contributed by atoms with Gasteiger partial charge in [0.1, 0.15) is 12.1 Å². The zero-order valence-corrected chi connectivity index (χ0v) is 15.5. The van der Waals surface area contributed by atoms with Crippen molar-refractivity contribution in [3.05, 3.63) is 96.1 Å². The number of aromatic nitrogens is 2. The molecule has 0 unspecified atom stereocenters. The summed E-state index contributed by atoms with van der Waals surface area (Å²) in [6.07, 6.45) is 1.78. The second-order valence-corrected chi connectivity index (χ2v) is 6.60. The number of amides is 1. The first-order valence-electron chi connectivity index (χ1n) is 9.22. The van der Waals surface area contributed by atoms with Gasteiger partial charge in [-0.2, -0.15) is 0 Å². The SMILES string of the molecule is CCN(Cc1cccc(F)c1)C(=O)c1ccc(-n2cnc3ccccc32)cc1. The van der Waals surface area contributed by atoms with E-state index >= 15 is 0 Å². The molecule has 3 aromatic carbocycles. The standard InChI is InChI=1S/C23H20FN3O/c1-2-26(15-17-6-5-7-19(24)14-17)23(28)18-10-12-20(13-11-18)27-16-25-21-8-3-4-9-22(21)27/h3-14,16H,2,15H2,1H3. The van der Waals surface area contributed by atoms with Gasteiger partial charge in [0.15, 0.2) is 0 Å². The van der Waals surface area contributed by atoms with E-state index in [-0.39, 0.29) is 11.7 Å². The predicted molar refractivity (Wildman–Crippen MR) is 108 cm³/mol. The maximum atomic E-state index is 13.4. The zero-order valence-electron chi connectivity index (χ0n) is 15.5. The van der Waals surface area contributed by atoms with E-state index in [1.807, 2.05) is 66.1 Å². The Morgan fingerprint density at radius 3 is 2.57 bits per heavy atom. The van der Waals surface area contributed by atoms with Gasteiger partial charge in [0.05, 0.1) is 11.0 Å². The maximum Gasteiger partial charge on any atom is 0.254 e. The van der Waals surface area contributed by atoms with Crippen LogP contribution in [-0.4, -0.2) is 26.9 Å². The Morgan fingerprint density at radius 2 is 1.82 bits per heavy atom. The summed E-state index contributed by atoms with van der Waals surface area (Å²) in [7, 11) is 0. The van der Waals surface area contributed by atoms with E-state index in [2.05, 4.69) is 4.98 Å². The van der Waals surface area contributed by atoms with Gasteiger partial charge in [0.25, 0.3) is 5.91 Å². The third kappa shape index (κ3) is 3.51. The second kappa shape index (κ2) is 7.64. The van der Waals surface area contributed by atoms with E-state index in [0.29, 0.717) is 18.7 Å². The molecule has 4 aromatic rings. The van der Waals surface area contributed by atoms with Crippen molar-refractivity contribution in [3.63, 3.8) is 0 Å². The van der Waals surface area contributed by atoms with Crippen molar-refractivity contribution in [3.8, 4) is 5.69 Å². The lowest BCUT2D eigenvalue weighted by atomic mass is 10.1. The lowest BCUT2D eigenvalue weighted by Crippen LogP contribution is -2.30. The third-order valence-electron chi connectivity index (χ3n) is 4.78. The Bertz CT molecular complexity index is 1120. The molecular weight excluding hydrogens is 353 g/mol. The number of fused-ring (bicyclic) bond motifs is 1. The van der Waals surface area contributed by atoms with Crippen molar-refractivity contribution in [2.24, 2.45) is 0 Å². The first-order chi connectivity index (χ1) is 13.7. The molecule has 0 N–H and O–H groups in total. The highest BCUT2D eigenvalue weighted by atomic mass is 19.1. The van der Waals surface area contributed by atoms with Crippen molar-refractivity contribution in [1.29, 1.82) is 0 Å². The molecular formula is C23H20FN3O. The van der Waals surface area contributed by atoms with Crippen LogP contribution in [0.2, 0.25) is 0 Å². The number of carbonyl (C=O) groups is 1. The van der Waals surface area contributed by atoms with Crippen LogP contribution in [0.5, 0.6) is 0 Å². The Balaban J connectivity index is 1.56. The highest BCUT2D eigenvalue weighted by Gasteiger charge is 2.15. The normalized spacial score (nSPS) is 10.9. The van der Waals surface area contributed by atoms with E-state index in [1.54, 1.807) is 17.3 Å². The summed E-state index contributed by atoms with van der Waals surface area (Å²) in [6.45, 7) is 2.84. The fraction of sp³-hybridized carbons (Fsp3) is 0.130. The van der Waals surface area contributed by atoms with Crippen LogP contribution < -0.4 is 0 Å². The molecule has 0 radical (unpaired) electrons. The van der Waals surface area contributed by atoms with E-state index < -0.39 is 0 Å². The minimum Gasteiger partial charge on any atom is -0.335 e. The van der Waals surface area contributed by atoms with Crippen LogP contribution in [0, 0.1) is 5.82 Å². The minimum atomic E-state index is -0.294. The van der Waals surface area contributed by atoms with Gasteiger partial charge < -0.3 is 4.90 Å². The summed E-state index contributed by atoms with van der Waals surface area (Å²) in [6, 6.07) is 21.7. The van der Waals surface area contributed by atoms with Crippen LogP contribution in [0.15, 0.2) is 79.1 Å². The number of halogens is 1. The number of carbonyl (C=O) groups excluding carboxylic acids is 1. The second-order valence-electron chi connectivity index (χ2n) is 6.60. The summed E-state index contributed by atoms with van der Waals surface area (Å²) >= 11 is 0. The first kappa shape index (κ1) is 17.9. The third-order valence-corrected chi connectivity index (χ3v) is 4.78. The van der Waals surface area contributed by atoms with Gasteiger partial charge in [-0.1, -0.05) is 24.3 Å². The number of nitrogens with zero attached hydrogens (tertiary/aromatic N) is 3. The molecule has 1 heterocycles. The fourth-order valence-corrected chi connectivity index (χ4v) is 3.30. The highest BCUT2D eigenvalue weighted by Crippen LogP contribution is 2.19. The summed E-state index contributed by atoms with van der Waals surface area (Å²) in [5.41, 5.74) is 4.26. The molecule has 5 heteroatoms. The molecule has 1 aromatic heterocycles. The molecule has 0 fully saturated rings. The molecule has 0 aliphatic heterocycles. The van der Waals surface area contributed by atoms with Crippen LogP contribution in [-0.2, 0) is 6.54 Å². The minimum absolute atomic E-state index is 0.0752. The van der Waals surface area contributed by atoms with Gasteiger partial charge in [-0.05, 0) is 61.0 Å². The molecule has 0 aliphatic carbocycles. The molecule has 140 valence electrons. The number of hydrogen-bond donors (Lipinski definition) is 0. The fourth-order valence-electron chi connectivity index (χ4n) is 3.30. The molecule has 0 bridgehead atoms. The Labute approximate surface area is 162 Å². The lowest BCUT2D eigenvalue weighted by Gasteiger charge is -2.21. The number of benzene rings is 3. The largest absolute Gasteiger partial charge is 0.335 e. The summed E-state index contributed by atoms with van der Waals surface area (Å²) in [5, 5.41) is 0. The molecule has 0 saturated heterocycles. The number of hydrogen-bond acceptors (Lipinski definition) is 2. The van der Waals surface area contributed by atoms with Crippen LogP contribution >= 0.6 is 0 Å². The van der Waals surface area contributed by atoms with Crippen LogP contribution in [0.4, 0.5) is 4.39 Å². The predicted octanol–water partition coefficient (Wildman–Crippen LogP) is 4.83. The molecule has 4 nitrogen and oxygen atoms in total. The van der Waals surface area contributed by atoms with E-state index in [1.165, 1.54) is 12.1 Å². The van der Waals surface area contributed by atoms with E-state index in [4.69, 9.17) is 0 Å². The summed E-state index contributed by atoms with van der Waals surface area (Å²) in [5.74, 6) is -0.369.